The third kappa shape index (κ3) is 3.18. The number of aryl methyl sites for hydroxylation is 1. The van der Waals surface area contributed by atoms with Crippen molar-refractivity contribution in [2.24, 2.45) is 0 Å². The smallest absolute Gasteiger partial charge is 0.388 e. The van der Waals surface area contributed by atoms with Crippen LogP contribution in [0.25, 0.3) is 0 Å². The lowest BCUT2D eigenvalue weighted by atomic mass is 10.3. The summed E-state index contributed by atoms with van der Waals surface area (Å²) in [5, 5.41) is 0. The molecule has 0 saturated carbocycles. The van der Waals surface area contributed by atoms with E-state index in [-0.39, 0.29) is 5.82 Å². The van der Waals surface area contributed by atoms with Crippen molar-refractivity contribution in [2.75, 3.05) is 5.73 Å². The van der Waals surface area contributed by atoms with Gasteiger partial charge in [0.15, 0.2) is 0 Å². The lowest BCUT2D eigenvalue weighted by molar-refractivity contribution is -0.276. The van der Waals surface area contributed by atoms with Gasteiger partial charge < -0.3 is 10.5 Å². The molecule has 0 fully saturated rings. The number of halogens is 3. The quantitative estimate of drug-likeness (QED) is 0.738. The number of pyridine rings is 1. The van der Waals surface area contributed by atoms with Crippen molar-refractivity contribution < 1.29 is 17.9 Å². The molecule has 1 rings (SSSR count). The Morgan fingerprint density at radius 2 is 2.00 bits per heavy atom. The minimum Gasteiger partial charge on any atom is -0.388 e. The van der Waals surface area contributed by atoms with Crippen molar-refractivity contribution in [3.63, 3.8) is 0 Å². The molecule has 0 bridgehead atoms. The second-order valence-electron chi connectivity index (χ2n) is 2.46. The van der Waals surface area contributed by atoms with Gasteiger partial charge in [-0.05, 0) is 18.6 Å². The van der Waals surface area contributed by atoms with Gasteiger partial charge in [-0.3, -0.25) is 0 Å². The van der Waals surface area contributed by atoms with Crippen LogP contribution in [-0.4, -0.2) is 11.3 Å². The third-order valence-corrected chi connectivity index (χ3v) is 1.19. The summed E-state index contributed by atoms with van der Waals surface area (Å²) >= 11 is 0. The number of alkyl halides is 3. The molecule has 13 heavy (non-hydrogen) atoms. The van der Waals surface area contributed by atoms with Crippen LogP contribution >= 0.6 is 0 Å². The molecule has 6 heteroatoms. The minimum absolute atomic E-state index is 0.000694. The normalized spacial score (nSPS) is 11.4. The van der Waals surface area contributed by atoms with Crippen LogP contribution in [0.4, 0.5) is 19.0 Å². The highest BCUT2D eigenvalue weighted by Crippen LogP contribution is 2.22. The highest BCUT2D eigenvalue weighted by Gasteiger charge is 2.31. The average Bonchev–Trinajstić information content (AvgIpc) is 1.78. The highest BCUT2D eigenvalue weighted by atomic mass is 19.4. The maximum Gasteiger partial charge on any atom is 0.574 e. The molecular formula is C7H7F3N2O. The van der Waals surface area contributed by atoms with Crippen LogP contribution in [0.5, 0.6) is 5.88 Å². The lowest BCUT2D eigenvalue weighted by Crippen LogP contribution is -2.18. The van der Waals surface area contributed by atoms with E-state index in [0.29, 0.717) is 5.56 Å². The number of anilines is 1. The summed E-state index contributed by atoms with van der Waals surface area (Å²) in [6.07, 6.45) is -4.73. The number of rotatable bonds is 1. The van der Waals surface area contributed by atoms with Crippen molar-refractivity contribution in [2.45, 2.75) is 13.3 Å². The van der Waals surface area contributed by atoms with E-state index in [0.717, 1.165) is 6.07 Å². The summed E-state index contributed by atoms with van der Waals surface area (Å²) in [6, 6.07) is 2.60. The summed E-state index contributed by atoms with van der Waals surface area (Å²) < 4.78 is 38.7. The molecule has 2 N–H and O–H groups in total. The molecular weight excluding hydrogens is 185 g/mol. The largest absolute Gasteiger partial charge is 0.574 e. The van der Waals surface area contributed by atoms with Crippen LogP contribution in [0.2, 0.25) is 0 Å². The standard InChI is InChI=1S/C7H7F3N2O/c1-4-2-5(11)12-6(3-4)13-7(8,9)10/h2-3H,1H3,(H2,11,12). The molecule has 0 atom stereocenters. The van der Waals surface area contributed by atoms with E-state index in [9.17, 15) is 13.2 Å². The molecule has 0 aliphatic heterocycles. The molecule has 0 spiro atoms. The van der Waals surface area contributed by atoms with Crippen LogP contribution in [0.15, 0.2) is 12.1 Å². The fourth-order valence-corrected chi connectivity index (χ4v) is 0.832. The Labute approximate surface area is 72.3 Å². The number of hydrogen-bond donors (Lipinski definition) is 1. The summed E-state index contributed by atoms with van der Waals surface area (Å²) in [6.45, 7) is 1.60. The molecule has 0 aliphatic carbocycles. The van der Waals surface area contributed by atoms with Gasteiger partial charge in [0.1, 0.15) is 5.82 Å². The lowest BCUT2D eigenvalue weighted by Gasteiger charge is -2.08. The topological polar surface area (TPSA) is 48.1 Å². The van der Waals surface area contributed by atoms with Crippen molar-refractivity contribution in [3.05, 3.63) is 17.7 Å². The number of nitrogen functional groups attached to an aromatic ring is 1. The second kappa shape index (κ2) is 3.12. The monoisotopic (exact) mass is 192 g/mol. The summed E-state index contributed by atoms with van der Waals surface area (Å²) in [4.78, 5) is 3.35. The van der Waals surface area contributed by atoms with E-state index in [1.54, 1.807) is 6.92 Å². The van der Waals surface area contributed by atoms with Gasteiger partial charge in [0.25, 0.3) is 0 Å². The Balaban J connectivity index is 2.90. The van der Waals surface area contributed by atoms with Gasteiger partial charge >= 0.3 is 6.36 Å². The van der Waals surface area contributed by atoms with Crippen LogP contribution in [0.1, 0.15) is 5.56 Å². The van der Waals surface area contributed by atoms with Gasteiger partial charge in [-0.15, -0.1) is 13.2 Å². The second-order valence-corrected chi connectivity index (χ2v) is 2.46. The molecule has 1 heterocycles. The van der Waals surface area contributed by atoms with Gasteiger partial charge in [0.2, 0.25) is 5.88 Å². The van der Waals surface area contributed by atoms with Crippen LogP contribution in [-0.2, 0) is 0 Å². The Morgan fingerprint density at radius 1 is 1.38 bits per heavy atom. The minimum atomic E-state index is -4.73. The molecule has 3 nitrogen and oxygen atoms in total. The Hall–Kier alpha value is -1.46. The maximum absolute atomic E-state index is 11.7. The Morgan fingerprint density at radius 3 is 2.46 bits per heavy atom. The number of aromatic nitrogens is 1. The third-order valence-electron chi connectivity index (χ3n) is 1.19. The number of ether oxygens (including phenoxy) is 1. The number of nitrogens with two attached hydrogens (primary N) is 1. The van der Waals surface area contributed by atoms with Gasteiger partial charge in [0.05, 0.1) is 0 Å². The van der Waals surface area contributed by atoms with Crippen LogP contribution < -0.4 is 10.5 Å². The van der Waals surface area contributed by atoms with E-state index in [1.165, 1.54) is 6.07 Å². The molecule has 0 unspecified atom stereocenters. The van der Waals surface area contributed by atoms with Gasteiger partial charge in [-0.1, -0.05) is 0 Å². The summed E-state index contributed by atoms with van der Waals surface area (Å²) in [7, 11) is 0. The van der Waals surface area contributed by atoms with E-state index < -0.39 is 12.2 Å². The van der Waals surface area contributed by atoms with Crippen molar-refractivity contribution in [1.82, 2.24) is 4.98 Å². The number of nitrogens with zero attached hydrogens (tertiary/aromatic N) is 1. The molecule has 0 radical (unpaired) electrons. The van der Waals surface area contributed by atoms with Crippen LogP contribution in [0.3, 0.4) is 0 Å². The SMILES string of the molecule is Cc1cc(N)nc(OC(F)(F)F)c1. The van der Waals surface area contributed by atoms with Gasteiger partial charge in [-0.25, -0.2) is 0 Å². The number of hydrogen-bond acceptors (Lipinski definition) is 3. The van der Waals surface area contributed by atoms with Crippen molar-refractivity contribution >= 4 is 5.82 Å². The molecule has 0 amide bonds. The van der Waals surface area contributed by atoms with Gasteiger partial charge in [0, 0.05) is 6.07 Å². The van der Waals surface area contributed by atoms with E-state index >= 15 is 0 Å². The van der Waals surface area contributed by atoms with Crippen molar-refractivity contribution in [1.29, 1.82) is 0 Å². The molecule has 0 aliphatic rings. The predicted molar refractivity (Wildman–Crippen MR) is 40.1 cm³/mol. The summed E-state index contributed by atoms with van der Waals surface area (Å²) in [5.74, 6) is -0.538. The zero-order valence-electron chi connectivity index (χ0n) is 6.72. The first-order valence-electron chi connectivity index (χ1n) is 3.37. The zero-order valence-corrected chi connectivity index (χ0v) is 6.72. The summed E-state index contributed by atoms with van der Waals surface area (Å²) in [5.41, 5.74) is 5.78. The first-order chi connectivity index (χ1) is 5.87. The molecule has 0 saturated heterocycles. The fraction of sp³-hybridized carbons (Fsp3) is 0.286. The molecule has 1 aromatic heterocycles. The first kappa shape index (κ1) is 9.63. The Kier molecular flexibility index (Phi) is 2.31. The fourth-order valence-electron chi connectivity index (χ4n) is 0.832. The molecule has 72 valence electrons. The molecule has 1 aromatic rings. The van der Waals surface area contributed by atoms with E-state index in [2.05, 4.69) is 9.72 Å². The molecule has 0 aromatic carbocycles. The predicted octanol–water partition coefficient (Wildman–Crippen LogP) is 1.87. The highest BCUT2D eigenvalue weighted by molar-refractivity contribution is 5.36. The maximum atomic E-state index is 11.7. The first-order valence-corrected chi connectivity index (χ1v) is 3.37. The Bertz CT molecular complexity index is 291. The zero-order chi connectivity index (χ0) is 10.1. The average molecular weight is 192 g/mol. The van der Waals surface area contributed by atoms with E-state index in [1.807, 2.05) is 0 Å². The van der Waals surface area contributed by atoms with Gasteiger partial charge in [-0.2, -0.15) is 4.98 Å². The van der Waals surface area contributed by atoms with Crippen molar-refractivity contribution in [3.8, 4) is 5.88 Å². The van der Waals surface area contributed by atoms with Crippen LogP contribution in [0, 0.1) is 6.92 Å². The van der Waals surface area contributed by atoms with E-state index in [4.69, 9.17) is 5.73 Å².